The fourth-order valence-electron chi connectivity index (χ4n) is 3.41. The van der Waals surface area contributed by atoms with Gasteiger partial charge in [0.05, 0.1) is 10.9 Å². The summed E-state index contributed by atoms with van der Waals surface area (Å²) in [5.74, 6) is 0.913. The Morgan fingerprint density at radius 1 is 0.971 bits per heavy atom. The Morgan fingerprint density at radius 3 is 2.57 bits per heavy atom. The molecule has 0 spiro atoms. The number of nitrogens with zero attached hydrogens (tertiary/aromatic N) is 5. The molecule has 5 rings (SSSR count). The van der Waals surface area contributed by atoms with E-state index in [4.69, 9.17) is 9.15 Å². The molecule has 3 heterocycles. The van der Waals surface area contributed by atoms with E-state index in [1.807, 2.05) is 37.2 Å². The zero-order chi connectivity index (χ0) is 24.6. The van der Waals surface area contributed by atoms with Crippen LogP contribution in [0.3, 0.4) is 0 Å². The predicted molar refractivity (Wildman–Crippen MR) is 125 cm³/mol. The number of fused-ring (bicyclic) bond motifs is 2. The third-order valence-corrected chi connectivity index (χ3v) is 5.23. The molecule has 35 heavy (non-hydrogen) atoms. The Kier molecular flexibility index (Phi) is 5.59. The van der Waals surface area contributed by atoms with Crippen molar-refractivity contribution in [2.45, 2.75) is 12.7 Å². The van der Waals surface area contributed by atoms with E-state index >= 15 is 0 Å². The summed E-state index contributed by atoms with van der Waals surface area (Å²) in [7, 11) is 3.91. The van der Waals surface area contributed by atoms with Crippen LogP contribution in [0.4, 0.5) is 24.9 Å². The molecule has 0 unspecified atom stereocenters. The van der Waals surface area contributed by atoms with Crippen molar-refractivity contribution >= 4 is 33.7 Å². The number of hydrogen-bond donors (Lipinski definition) is 1. The first-order valence-electron chi connectivity index (χ1n) is 10.5. The second-order valence-corrected chi connectivity index (χ2v) is 7.93. The zero-order valence-electron chi connectivity index (χ0n) is 18.7. The molecule has 5 aromatic rings. The Morgan fingerprint density at radius 2 is 1.83 bits per heavy atom. The molecular formula is C24H19F3N6O2. The van der Waals surface area contributed by atoms with Gasteiger partial charge in [0.25, 0.3) is 6.01 Å². The Labute approximate surface area is 197 Å². The minimum atomic E-state index is -4.47. The van der Waals surface area contributed by atoms with Crippen molar-refractivity contribution in [2.75, 3.05) is 24.3 Å². The highest BCUT2D eigenvalue weighted by molar-refractivity contribution is 5.86. The van der Waals surface area contributed by atoms with Crippen molar-refractivity contribution in [3.8, 4) is 11.6 Å². The van der Waals surface area contributed by atoms with Crippen molar-refractivity contribution in [1.29, 1.82) is 0 Å². The van der Waals surface area contributed by atoms with Crippen LogP contribution in [0.5, 0.6) is 11.6 Å². The van der Waals surface area contributed by atoms with Crippen LogP contribution in [0.2, 0.25) is 0 Å². The maximum Gasteiger partial charge on any atom is 0.433 e. The zero-order valence-corrected chi connectivity index (χ0v) is 18.7. The van der Waals surface area contributed by atoms with E-state index in [-0.39, 0.29) is 12.6 Å². The quantitative estimate of drug-likeness (QED) is 0.333. The van der Waals surface area contributed by atoms with Crippen molar-refractivity contribution in [2.24, 2.45) is 0 Å². The summed E-state index contributed by atoms with van der Waals surface area (Å²) in [6.07, 6.45) is -1.86. The molecule has 2 aromatic carbocycles. The summed E-state index contributed by atoms with van der Waals surface area (Å²) in [5, 5.41) is 3.72. The van der Waals surface area contributed by atoms with Crippen LogP contribution >= 0.6 is 0 Å². The molecule has 0 aliphatic rings. The Hall–Kier alpha value is -4.41. The second kappa shape index (κ2) is 8.75. The number of ether oxygens (including phenoxy) is 1. The highest BCUT2D eigenvalue weighted by Gasteiger charge is 2.32. The van der Waals surface area contributed by atoms with E-state index in [9.17, 15) is 13.2 Å². The number of nitrogens with one attached hydrogen (secondary N) is 1. The largest absolute Gasteiger partial charge is 0.438 e. The summed E-state index contributed by atoms with van der Waals surface area (Å²) in [5.41, 5.74) is 2.45. The van der Waals surface area contributed by atoms with Crippen molar-refractivity contribution in [3.05, 3.63) is 72.3 Å². The summed E-state index contributed by atoms with van der Waals surface area (Å²) in [6.45, 7) is 0.198. The number of pyridine rings is 1. The van der Waals surface area contributed by atoms with E-state index in [0.717, 1.165) is 28.9 Å². The molecule has 0 saturated carbocycles. The molecule has 0 bridgehead atoms. The van der Waals surface area contributed by atoms with Gasteiger partial charge in [0.2, 0.25) is 5.88 Å². The summed E-state index contributed by atoms with van der Waals surface area (Å²) < 4.78 is 49.7. The summed E-state index contributed by atoms with van der Waals surface area (Å²) >= 11 is 0. The van der Waals surface area contributed by atoms with E-state index in [1.165, 1.54) is 12.4 Å². The molecule has 0 fully saturated rings. The fraction of sp³-hybridized carbons (Fsp3) is 0.167. The lowest BCUT2D eigenvalue weighted by atomic mass is 10.2. The van der Waals surface area contributed by atoms with Gasteiger partial charge in [-0.15, -0.1) is 0 Å². The van der Waals surface area contributed by atoms with Gasteiger partial charge in [-0.05, 0) is 42.0 Å². The van der Waals surface area contributed by atoms with Gasteiger partial charge >= 0.3 is 6.18 Å². The molecular weight excluding hydrogens is 461 g/mol. The first-order chi connectivity index (χ1) is 16.8. The molecule has 0 radical (unpaired) electrons. The molecule has 0 aliphatic heterocycles. The normalized spacial score (nSPS) is 11.7. The van der Waals surface area contributed by atoms with Gasteiger partial charge in [0, 0.05) is 38.6 Å². The molecule has 0 aliphatic carbocycles. The van der Waals surface area contributed by atoms with Crippen molar-refractivity contribution in [3.63, 3.8) is 0 Å². The smallest absolute Gasteiger partial charge is 0.433 e. The lowest BCUT2D eigenvalue weighted by Crippen LogP contribution is -2.08. The molecule has 178 valence electrons. The molecule has 0 saturated heterocycles. The van der Waals surface area contributed by atoms with Gasteiger partial charge in [-0.1, -0.05) is 6.07 Å². The summed E-state index contributed by atoms with van der Waals surface area (Å²) in [6, 6.07) is 13.5. The average Bonchev–Trinajstić information content (AvgIpc) is 3.24. The van der Waals surface area contributed by atoms with Gasteiger partial charge in [-0.3, -0.25) is 4.98 Å². The average molecular weight is 480 g/mol. The minimum absolute atomic E-state index is 0.198. The molecule has 0 atom stereocenters. The van der Waals surface area contributed by atoms with E-state index in [1.54, 1.807) is 18.2 Å². The van der Waals surface area contributed by atoms with Crippen molar-refractivity contribution in [1.82, 2.24) is 19.9 Å². The highest BCUT2D eigenvalue weighted by atomic mass is 19.4. The maximum absolute atomic E-state index is 12.7. The topological polar surface area (TPSA) is 89.2 Å². The van der Waals surface area contributed by atoms with Gasteiger partial charge in [0.15, 0.2) is 5.58 Å². The molecule has 1 N–H and O–H groups in total. The fourth-order valence-corrected chi connectivity index (χ4v) is 3.41. The third kappa shape index (κ3) is 4.79. The Bertz CT molecular complexity index is 1500. The molecule has 3 aromatic heterocycles. The standard InChI is InChI=1S/C24H19F3N6O2/c1-33(2)15-4-6-17-19(9-15)30-13-31-22(17)34-16-5-7-18-20(10-16)35-23(32-18)29-12-14-3-8-21(28-11-14)24(25,26)27/h3-11,13H,12H2,1-2H3,(H,29,32). The van der Waals surface area contributed by atoms with Gasteiger partial charge < -0.3 is 19.4 Å². The van der Waals surface area contributed by atoms with E-state index < -0.39 is 11.9 Å². The number of aromatic nitrogens is 4. The van der Waals surface area contributed by atoms with Crippen LogP contribution in [0, 0.1) is 0 Å². The predicted octanol–water partition coefficient (Wildman–Crippen LogP) is 5.66. The van der Waals surface area contributed by atoms with Crippen LogP contribution < -0.4 is 15.0 Å². The lowest BCUT2D eigenvalue weighted by Gasteiger charge is -2.13. The third-order valence-electron chi connectivity index (χ3n) is 5.23. The molecule has 8 nitrogen and oxygen atoms in total. The Balaban J connectivity index is 1.32. The highest BCUT2D eigenvalue weighted by Crippen LogP contribution is 2.31. The van der Waals surface area contributed by atoms with E-state index in [0.29, 0.717) is 28.3 Å². The number of rotatable bonds is 6. The van der Waals surface area contributed by atoms with Crippen LogP contribution in [0.25, 0.3) is 22.0 Å². The minimum Gasteiger partial charge on any atom is -0.438 e. The van der Waals surface area contributed by atoms with Crippen LogP contribution in [0.1, 0.15) is 11.3 Å². The number of anilines is 2. The van der Waals surface area contributed by atoms with Gasteiger partial charge in [-0.25, -0.2) is 9.97 Å². The molecule has 0 amide bonds. The number of oxazole rings is 1. The summed E-state index contributed by atoms with van der Waals surface area (Å²) in [4.78, 5) is 18.4. The number of benzene rings is 2. The number of hydrogen-bond acceptors (Lipinski definition) is 8. The van der Waals surface area contributed by atoms with Gasteiger partial charge in [0.1, 0.15) is 23.3 Å². The van der Waals surface area contributed by atoms with Crippen LogP contribution in [-0.4, -0.2) is 34.0 Å². The second-order valence-electron chi connectivity index (χ2n) is 7.93. The first kappa shape index (κ1) is 22.4. The van der Waals surface area contributed by atoms with E-state index in [2.05, 4.69) is 25.3 Å². The SMILES string of the molecule is CN(C)c1ccc2c(Oc3ccc4nc(NCc5ccc(C(F)(F)F)nc5)oc4c3)ncnc2c1. The van der Waals surface area contributed by atoms with Crippen LogP contribution in [0.15, 0.2) is 65.5 Å². The van der Waals surface area contributed by atoms with Crippen molar-refractivity contribution < 1.29 is 22.3 Å². The number of halogens is 3. The first-order valence-corrected chi connectivity index (χ1v) is 10.5. The number of alkyl halides is 3. The molecule has 11 heteroatoms. The van der Waals surface area contributed by atoms with Gasteiger partial charge in [-0.2, -0.15) is 18.2 Å². The monoisotopic (exact) mass is 480 g/mol. The lowest BCUT2D eigenvalue weighted by molar-refractivity contribution is -0.141. The maximum atomic E-state index is 12.7. The van der Waals surface area contributed by atoms with Crippen LogP contribution in [-0.2, 0) is 12.7 Å².